The molecule has 0 bridgehead atoms. The average Bonchev–Trinajstić information content (AvgIpc) is 2.69. The summed E-state index contributed by atoms with van der Waals surface area (Å²) < 4.78 is 27.2. The molecule has 0 aliphatic heterocycles. The molecule has 1 amide bonds. The number of rotatable bonds is 14. The average molecular weight is 440 g/mol. The number of guanidine groups is 1. The lowest BCUT2D eigenvalue weighted by Gasteiger charge is -2.14. The van der Waals surface area contributed by atoms with Crippen molar-refractivity contribution < 1.29 is 18.0 Å². The molecular weight excluding hydrogens is 406 g/mol. The van der Waals surface area contributed by atoms with Crippen LogP contribution < -0.4 is 21.5 Å². The standard InChI is InChI=1S/C20H33N5O4S/c1-3-5-6-7-8-11-14-30(28,29)25-16-13-10-9-12-15(16)18(26)19(27)23-17(4-2)24-20(21)22/h9-10,12-13,17,25H,3-8,11,14H2,1-2H3,(H,23,27)(H4,21,22,24). The Morgan fingerprint density at radius 1 is 1.03 bits per heavy atom. The minimum atomic E-state index is -3.64. The maximum atomic E-state index is 12.6. The molecule has 0 aliphatic carbocycles. The van der Waals surface area contributed by atoms with E-state index in [4.69, 9.17) is 11.5 Å². The van der Waals surface area contributed by atoms with Crippen LogP contribution in [0.1, 0.15) is 69.2 Å². The molecule has 30 heavy (non-hydrogen) atoms. The number of benzene rings is 1. The molecule has 6 N–H and O–H groups in total. The SMILES string of the molecule is CCCCCCCCS(=O)(=O)Nc1ccccc1C(=O)C(=O)NC(CC)N=C(N)N. The molecule has 1 rings (SSSR count). The van der Waals surface area contributed by atoms with E-state index in [1.165, 1.54) is 12.1 Å². The summed E-state index contributed by atoms with van der Waals surface area (Å²) in [4.78, 5) is 28.7. The molecule has 1 aromatic rings. The van der Waals surface area contributed by atoms with Gasteiger partial charge in [-0.15, -0.1) is 0 Å². The number of nitrogens with two attached hydrogens (primary N) is 2. The van der Waals surface area contributed by atoms with E-state index >= 15 is 0 Å². The molecular formula is C20H33N5O4S. The molecule has 0 heterocycles. The van der Waals surface area contributed by atoms with Gasteiger partial charge in [-0.2, -0.15) is 0 Å². The van der Waals surface area contributed by atoms with Gasteiger partial charge in [-0.25, -0.2) is 13.4 Å². The first-order chi connectivity index (χ1) is 14.2. The lowest BCUT2D eigenvalue weighted by Crippen LogP contribution is -2.40. The highest BCUT2D eigenvalue weighted by molar-refractivity contribution is 7.92. The number of nitrogens with one attached hydrogen (secondary N) is 2. The predicted octanol–water partition coefficient (Wildman–Crippen LogP) is 2.10. The van der Waals surface area contributed by atoms with Crippen LogP contribution >= 0.6 is 0 Å². The number of Topliss-reactive ketones (excluding diaryl/α,β-unsaturated/α-hetero) is 1. The molecule has 1 aromatic carbocycles. The van der Waals surface area contributed by atoms with Crippen LogP contribution in [0.3, 0.4) is 0 Å². The van der Waals surface area contributed by atoms with Crippen molar-refractivity contribution in [2.75, 3.05) is 10.5 Å². The summed E-state index contributed by atoms with van der Waals surface area (Å²) in [6.45, 7) is 3.86. The first-order valence-electron chi connectivity index (χ1n) is 10.2. The highest BCUT2D eigenvalue weighted by Gasteiger charge is 2.23. The van der Waals surface area contributed by atoms with Crippen molar-refractivity contribution in [3.63, 3.8) is 0 Å². The molecule has 0 spiro atoms. The molecule has 0 aliphatic rings. The fourth-order valence-electron chi connectivity index (χ4n) is 2.81. The second kappa shape index (κ2) is 12.8. The van der Waals surface area contributed by atoms with Crippen molar-refractivity contribution in [3.05, 3.63) is 29.8 Å². The van der Waals surface area contributed by atoms with Crippen molar-refractivity contribution in [1.29, 1.82) is 0 Å². The largest absolute Gasteiger partial charge is 0.370 e. The van der Waals surface area contributed by atoms with Gasteiger partial charge >= 0.3 is 0 Å². The lowest BCUT2D eigenvalue weighted by molar-refractivity contribution is -0.117. The topological polar surface area (TPSA) is 157 Å². The summed E-state index contributed by atoms with van der Waals surface area (Å²) in [5.41, 5.74) is 10.7. The number of nitrogens with zero attached hydrogens (tertiary/aromatic N) is 1. The first-order valence-corrected chi connectivity index (χ1v) is 11.9. The lowest BCUT2D eigenvalue weighted by atomic mass is 10.1. The summed E-state index contributed by atoms with van der Waals surface area (Å²) in [6, 6.07) is 5.99. The Balaban J connectivity index is 2.80. The van der Waals surface area contributed by atoms with Crippen LogP contribution in [0.4, 0.5) is 5.69 Å². The normalized spacial score (nSPS) is 12.1. The number of hydrogen-bond acceptors (Lipinski definition) is 5. The van der Waals surface area contributed by atoms with Crippen molar-refractivity contribution in [2.24, 2.45) is 16.5 Å². The number of para-hydroxylation sites is 1. The first kappa shape index (κ1) is 25.4. The third-order valence-electron chi connectivity index (χ3n) is 4.40. The maximum absolute atomic E-state index is 12.6. The van der Waals surface area contributed by atoms with Gasteiger partial charge in [0, 0.05) is 0 Å². The molecule has 168 valence electrons. The Morgan fingerprint density at radius 3 is 2.30 bits per heavy atom. The van der Waals surface area contributed by atoms with Gasteiger partial charge in [-0.3, -0.25) is 14.3 Å². The molecule has 10 heteroatoms. The summed E-state index contributed by atoms with van der Waals surface area (Å²) in [7, 11) is -3.64. The molecule has 0 saturated heterocycles. The van der Waals surface area contributed by atoms with Crippen LogP contribution in [-0.2, 0) is 14.8 Å². The molecule has 9 nitrogen and oxygen atoms in total. The maximum Gasteiger partial charge on any atom is 0.294 e. The highest BCUT2D eigenvalue weighted by Crippen LogP contribution is 2.18. The number of anilines is 1. The van der Waals surface area contributed by atoms with Gasteiger partial charge in [0.05, 0.1) is 17.0 Å². The molecule has 0 radical (unpaired) electrons. The van der Waals surface area contributed by atoms with Crippen molar-refractivity contribution in [3.8, 4) is 0 Å². The van der Waals surface area contributed by atoms with E-state index in [0.29, 0.717) is 12.8 Å². The fraction of sp³-hybridized carbons (Fsp3) is 0.550. The third-order valence-corrected chi connectivity index (χ3v) is 5.76. The van der Waals surface area contributed by atoms with Crippen LogP contribution in [0.25, 0.3) is 0 Å². The number of carbonyl (C=O) groups excluding carboxylic acids is 2. The van der Waals surface area contributed by atoms with Gasteiger partial charge < -0.3 is 16.8 Å². The van der Waals surface area contributed by atoms with E-state index in [1.807, 2.05) is 0 Å². The van der Waals surface area contributed by atoms with Crippen molar-refractivity contribution >= 4 is 33.4 Å². The molecule has 0 saturated carbocycles. The van der Waals surface area contributed by atoms with Crippen LogP contribution in [0.5, 0.6) is 0 Å². The van der Waals surface area contributed by atoms with Gasteiger partial charge in [0.1, 0.15) is 6.17 Å². The smallest absolute Gasteiger partial charge is 0.294 e. The second-order valence-electron chi connectivity index (χ2n) is 7.01. The van der Waals surface area contributed by atoms with Gasteiger partial charge in [0.15, 0.2) is 5.96 Å². The van der Waals surface area contributed by atoms with E-state index in [2.05, 4.69) is 22.0 Å². The fourth-order valence-corrected chi connectivity index (χ4v) is 4.01. The second-order valence-corrected chi connectivity index (χ2v) is 8.86. The highest BCUT2D eigenvalue weighted by atomic mass is 32.2. The Morgan fingerprint density at radius 2 is 1.67 bits per heavy atom. The molecule has 0 fully saturated rings. The van der Waals surface area contributed by atoms with Gasteiger partial charge in [-0.1, -0.05) is 58.1 Å². The molecule has 1 atom stereocenters. The minimum absolute atomic E-state index is 0.0407. The van der Waals surface area contributed by atoms with Crippen molar-refractivity contribution in [1.82, 2.24) is 5.32 Å². The quantitative estimate of drug-likeness (QED) is 0.114. The van der Waals surface area contributed by atoms with Crippen LogP contribution in [0.15, 0.2) is 29.3 Å². The zero-order valence-corrected chi connectivity index (χ0v) is 18.5. The van der Waals surface area contributed by atoms with E-state index in [-0.39, 0.29) is 23.0 Å². The number of unbranched alkanes of at least 4 members (excludes halogenated alkanes) is 5. The number of sulfonamides is 1. The van der Waals surface area contributed by atoms with Gasteiger partial charge in [-0.05, 0) is 25.0 Å². The van der Waals surface area contributed by atoms with Gasteiger partial charge in [0.25, 0.3) is 11.7 Å². The Hall–Kier alpha value is -2.62. The number of ketones is 1. The van der Waals surface area contributed by atoms with E-state index < -0.39 is 27.9 Å². The summed E-state index contributed by atoms with van der Waals surface area (Å²) >= 11 is 0. The minimum Gasteiger partial charge on any atom is -0.370 e. The zero-order valence-electron chi connectivity index (χ0n) is 17.7. The van der Waals surface area contributed by atoms with Crippen molar-refractivity contribution in [2.45, 2.75) is 65.0 Å². The summed E-state index contributed by atoms with van der Waals surface area (Å²) in [5, 5.41) is 2.43. The van der Waals surface area contributed by atoms with Crippen LogP contribution in [-0.4, -0.2) is 38.0 Å². The van der Waals surface area contributed by atoms with E-state index in [9.17, 15) is 18.0 Å². The van der Waals surface area contributed by atoms with Crippen LogP contribution in [0, 0.1) is 0 Å². The summed E-state index contributed by atoms with van der Waals surface area (Å²) in [6.07, 6.45) is 5.35. The van der Waals surface area contributed by atoms with Crippen LogP contribution in [0.2, 0.25) is 0 Å². The molecule has 1 unspecified atom stereocenters. The predicted molar refractivity (Wildman–Crippen MR) is 120 cm³/mol. The van der Waals surface area contributed by atoms with Gasteiger partial charge in [0.2, 0.25) is 10.0 Å². The third kappa shape index (κ3) is 9.25. The molecule has 0 aromatic heterocycles. The Kier molecular flexibility index (Phi) is 10.9. The number of aliphatic imine (C=N–C) groups is 1. The number of amides is 1. The van der Waals surface area contributed by atoms with E-state index in [1.54, 1.807) is 19.1 Å². The number of carbonyl (C=O) groups is 2. The number of hydrogen-bond donors (Lipinski definition) is 4. The monoisotopic (exact) mass is 439 g/mol. The Labute approximate surface area is 178 Å². The summed E-state index contributed by atoms with van der Waals surface area (Å²) in [5.74, 6) is -2.06. The van der Waals surface area contributed by atoms with E-state index in [0.717, 1.165) is 32.1 Å². The Bertz CT molecular complexity index is 835. The zero-order chi connectivity index (χ0) is 22.6.